The molecule has 0 aliphatic rings. The molecule has 0 saturated carbocycles. The molecule has 0 bridgehead atoms. The highest BCUT2D eigenvalue weighted by molar-refractivity contribution is 7.85. The summed E-state index contributed by atoms with van der Waals surface area (Å²) in [5.74, 6) is -2.15. The molecular weight excluding hydrogens is 384 g/mol. The minimum absolute atomic E-state index is 0.0356. The van der Waals surface area contributed by atoms with Crippen molar-refractivity contribution in [2.45, 2.75) is 70.1 Å². The zero-order valence-electron chi connectivity index (χ0n) is 16.6. The van der Waals surface area contributed by atoms with Gasteiger partial charge in [0.15, 0.2) is 0 Å². The van der Waals surface area contributed by atoms with Crippen LogP contribution in [0.5, 0.6) is 0 Å². The van der Waals surface area contributed by atoms with Gasteiger partial charge >= 0.3 is 11.9 Å². The number of rotatable bonds is 10. The Kier molecular flexibility index (Phi) is 17.0. The van der Waals surface area contributed by atoms with E-state index in [0.717, 1.165) is 12.8 Å². The Morgan fingerprint density at radius 1 is 1.00 bits per heavy atom. The van der Waals surface area contributed by atoms with Crippen LogP contribution < -0.4 is 0 Å². The molecule has 1 rings (SSSR count). The highest BCUT2D eigenvalue weighted by atomic mass is 32.2. The summed E-state index contributed by atoms with van der Waals surface area (Å²) in [6, 6.07) is 6.55. The molecule has 0 fully saturated rings. The number of aryl methyl sites for hydroxylation is 1. The molecule has 0 aromatic heterocycles. The Morgan fingerprint density at radius 2 is 1.50 bits per heavy atom. The van der Waals surface area contributed by atoms with E-state index in [0.29, 0.717) is 12.0 Å². The van der Waals surface area contributed by atoms with Crippen molar-refractivity contribution in [1.82, 2.24) is 0 Å². The van der Waals surface area contributed by atoms with E-state index in [2.05, 4.69) is 13.5 Å². The van der Waals surface area contributed by atoms with E-state index >= 15 is 0 Å². The zero-order chi connectivity index (χ0) is 22.0. The van der Waals surface area contributed by atoms with Crippen LogP contribution in [-0.4, -0.2) is 35.1 Å². The van der Waals surface area contributed by atoms with Gasteiger partial charge in [-0.05, 0) is 30.9 Å². The minimum Gasteiger partial charge on any atom is -0.481 e. The molecule has 1 aromatic carbocycles. The van der Waals surface area contributed by atoms with E-state index in [9.17, 15) is 18.0 Å². The molecule has 8 heteroatoms. The molecule has 0 atom stereocenters. The molecular formula is C20H32O7S. The predicted molar refractivity (Wildman–Crippen MR) is 109 cm³/mol. The SMILES string of the molecule is C=CCCCC.CCCCc1ccccc1S(=O)(=O)O.O=C(O)CCC(=O)O. The first-order valence-corrected chi connectivity index (χ1v) is 10.6. The molecule has 7 nitrogen and oxygen atoms in total. The van der Waals surface area contributed by atoms with Crippen LogP contribution in [0.1, 0.15) is 64.4 Å². The third kappa shape index (κ3) is 17.2. The van der Waals surface area contributed by atoms with Crippen molar-refractivity contribution < 1.29 is 32.8 Å². The number of unbranched alkanes of at least 4 members (excludes halogenated alkanes) is 3. The highest BCUT2D eigenvalue weighted by Crippen LogP contribution is 2.16. The van der Waals surface area contributed by atoms with E-state index in [1.165, 1.54) is 25.3 Å². The van der Waals surface area contributed by atoms with Gasteiger partial charge in [0.05, 0.1) is 17.7 Å². The van der Waals surface area contributed by atoms with Crippen LogP contribution >= 0.6 is 0 Å². The summed E-state index contributed by atoms with van der Waals surface area (Å²) in [5.41, 5.74) is 0.692. The van der Waals surface area contributed by atoms with E-state index in [-0.39, 0.29) is 17.7 Å². The van der Waals surface area contributed by atoms with E-state index < -0.39 is 22.1 Å². The maximum atomic E-state index is 11.0. The Bertz CT molecular complexity index is 668. The molecule has 28 heavy (non-hydrogen) atoms. The molecule has 1 aromatic rings. The average molecular weight is 417 g/mol. The third-order valence-corrected chi connectivity index (χ3v) is 4.32. The van der Waals surface area contributed by atoms with Gasteiger partial charge in [-0.3, -0.25) is 14.1 Å². The molecule has 0 amide bonds. The fourth-order valence-corrected chi connectivity index (χ4v) is 2.64. The number of allylic oxidation sites excluding steroid dienone is 1. The van der Waals surface area contributed by atoms with Crippen LogP contribution in [0.25, 0.3) is 0 Å². The standard InChI is InChI=1S/C10H14O3S.C6H12.C4H6O4/c1-2-3-6-9-7-4-5-8-10(9)14(11,12)13;1-3-5-6-4-2;5-3(6)1-2-4(7)8/h4-5,7-8H,2-3,6H2,1H3,(H,11,12,13);3H,1,4-6H2,2H3;1-2H2,(H,5,6)(H,7,8). The third-order valence-electron chi connectivity index (χ3n) is 3.36. The lowest BCUT2D eigenvalue weighted by molar-refractivity contribution is -0.143. The smallest absolute Gasteiger partial charge is 0.303 e. The van der Waals surface area contributed by atoms with Gasteiger partial charge in [0.25, 0.3) is 10.1 Å². The largest absolute Gasteiger partial charge is 0.481 e. The van der Waals surface area contributed by atoms with Crippen molar-refractivity contribution in [2.75, 3.05) is 0 Å². The topological polar surface area (TPSA) is 129 Å². The van der Waals surface area contributed by atoms with Crippen LogP contribution in [0.4, 0.5) is 0 Å². The van der Waals surface area contributed by atoms with E-state index in [4.69, 9.17) is 14.8 Å². The maximum Gasteiger partial charge on any atom is 0.303 e. The number of carbonyl (C=O) groups is 2. The van der Waals surface area contributed by atoms with Gasteiger partial charge in [0.1, 0.15) is 0 Å². The molecule has 0 saturated heterocycles. The van der Waals surface area contributed by atoms with E-state index in [1.54, 1.807) is 18.2 Å². The second-order valence-corrected chi connectivity index (χ2v) is 7.29. The highest BCUT2D eigenvalue weighted by Gasteiger charge is 2.13. The second-order valence-electron chi connectivity index (χ2n) is 5.90. The fraction of sp³-hybridized carbons (Fsp3) is 0.500. The monoisotopic (exact) mass is 416 g/mol. The molecule has 0 aliphatic heterocycles. The Balaban J connectivity index is 0. The van der Waals surface area contributed by atoms with E-state index in [1.807, 2.05) is 13.0 Å². The lowest BCUT2D eigenvalue weighted by atomic mass is 10.1. The van der Waals surface area contributed by atoms with Crippen LogP contribution in [0.15, 0.2) is 41.8 Å². The maximum absolute atomic E-state index is 11.0. The first-order valence-electron chi connectivity index (χ1n) is 9.19. The molecule has 0 spiro atoms. The Hall–Kier alpha value is -2.19. The summed E-state index contributed by atoms with van der Waals surface area (Å²) in [6.07, 6.45) is 7.74. The van der Waals surface area contributed by atoms with Gasteiger partial charge in [-0.15, -0.1) is 6.58 Å². The van der Waals surface area contributed by atoms with Crippen molar-refractivity contribution >= 4 is 22.1 Å². The van der Waals surface area contributed by atoms with Gasteiger partial charge in [0, 0.05) is 0 Å². The summed E-state index contributed by atoms with van der Waals surface area (Å²) >= 11 is 0. The second kappa shape index (κ2) is 16.9. The van der Waals surface area contributed by atoms with Crippen molar-refractivity contribution in [2.24, 2.45) is 0 Å². The summed E-state index contributed by atoms with van der Waals surface area (Å²) in [5, 5.41) is 15.8. The van der Waals surface area contributed by atoms with Crippen molar-refractivity contribution in [3.63, 3.8) is 0 Å². The van der Waals surface area contributed by atoms with Gasteiger partial charge in [-0.2, -0.15) is 8.42 Å². The number of carboxylic acids is 2. The molecule has 0 aliphatic carbocycles. The molecule has 0 unspecified atom stereocenters. The van der Waals surface area contributed by atoms with Crippen LogP contribution in [-0.2, 0) is 26.1 Å². The van der Waals surface area contributed by atoms with Crippen molar-refractivity contribution in [3.05, 3.63) is 42.5 Å². The molecule has 0 radical (unpaired) electrons. The molecule has 3 N–H and O–H groups in total. The summed E-state index contributed by atoms with van der Waals surface area (Å²) in [4.78, 5) is 19.3. The lowest BCUT2D eigenvalue weighted by Gasteiger charge is -2.05. The Morgan fingerprint density at radius 3 is 1.86 bits per heavy atom. The number of hydrogen-bond donors (Lipinski definition) is 3. The fourth-order valence-electron chi connectivity index (χ4n) is 1.89. The summed E-state index contributed by atoms with van der Waals surface area (Å²) < 4.78 is 30.9. The molecule has 160 valence electrons. The quantitative estimate of drug-likeness (QED) is 0.289. The predicted octanol–water partition coefficient (Wildman–Crippen LogP) is 4.57. The van der Waals surface area contributed by atoms with Gasteiger partial charge in [-0.1, -0.05) is 57.4 Å². The first-order chi connectivity index (χ1) is 13.1. The normalized spacial score (nSPS) is 9.96. The van der Waals surface area contributed by atoms with Crippen LogP contribution in [0, 0.1) is 0 Å². The summed E-state index contributed by atoms with van der Waals surface area (Å²) in [7, 11) is -4.06. The van der Waals surface area contributed by atoms with Gasteiger partial charge < -0.3 is 10.2 Å². The van der Waals surface area contributed by atoms with Crippen molar-refractivity contribution in [1.29, 1.82) is 0 Å². The van der Waals surface area contributed by atoms with Crippen LogP contribution in [0.2, 0.25) is 0 Å². The first kappa shape index (κ1) is 28.0. The van der Waals surface area contributed by atoms with Gasteiger partial charge in [-0.25, -0.2) is 0 Å². The number of aliphatic carboxylic acids is 2. The average Bonchev–Trinajstić information content (AvgIpc) is 2.63. The summed E-state index contributed by atoms with van der Waals surface area (Å²) in [6.45, 7) is 7.82. The zero-order valence-corrected chi connectivity index (χ0v) is 17.5. The molecule has 0 heterocycles. The number of hydrogen-bond acceptors (Lipinski definition) is 4. The minimum atomic E-state index is -4.06. The number of carboxylic acid groups (broad SMARTS) is 2. The van der Waals surface area contributed by atoms with Gasteiger partial charge in [0.2, 0.25) is 0 Å². The van der Waals surface area contributed by atoms with Crippen LogP contribution in [0.3, 0.4) is 0 Å². The lowest BCUT2D eigenvalue weighted by Crippen LogP contribution is -2.02. The Labute approximate surface area is 167 Å². The number of benzene rings is 1. The van der Waals surface area contributed by atoms with Crippen molar-refractivity contribution in [3.8, 4) is 0 Å².